The van der Waals surface area contributed by atoms with Gasteiger partial charge >= 0.3 is 0 Å². The summed E-state index contributed by atoms with van der Waals surface area (Å²) in [5.41, 5.74) is 0. The van der Waals surface area contributed by atoms with Crippen molar-refractivity contribution in [1.82, 2.24) is 15.5 Å². The number of unbranched alkanes of at least 4 members (excludes halogenated alkanes) is 1. The van der Waals surface area contributed by atoms with E-state index in [0.29, 0.717) is 19.6 Å². The number of likely N-dealkylation sites (tertiary alicyclic amines) is 1. The lowest BCUT2D eigenvalue weighted by Gasteiger charge is -2.15. The summed E-state index contributed by atoms with van der Waals surface area (Å²) in [4.78, 5) is 18.0. The highest BCUT2D eigenvalue weighted by molar-refractivity contribution is 14.0. The van der Waals surface area contributed by atoms with Crippen molar-refractivity contribution < 1.29 is 14.3 Å². The maximum absolute atomic E-state index is 11.5. The van der Waals surface area contributed by atoms with E-state index in [1.807, 2.05) is 4.90 Å². The van der Waals surface area contributed by atoms with Gasteiger partial charge in [0.1, 0.15) is 0 Å². The van der Waals surface area contributed by atoms with Crippen molar-refractivity contribution in [1.29, 1.82) is 0 Å². The molecule has 1 amide bonds. The van der Waals surface area contributed by atoms with Crippen molar-refractivity contribution in [3.05, 3.63) is 0 Å². The lowest BCUT2D eigenvalue weighted by Crippen LogP contribution is -2.38. The Kier molecular flexibility index (Phi) is 16.4. The number of rotatable bonds is 13. The fraction of sp³-hybridized carbons (Fsp3) is 0.882. The monoisotopic (exact) mass is 470 g/mol. The molecular weight excluding hydrogens is 435 g/mol. The molecular formula is C17H35IN4O3. The first-order valence-corrected chi connectivity index (χ1v) is 9.14. The third-order valence-electron chi connectivity index (χ3n) is 3.81. The van der Waals surface area contributed by atoms with Crippen molar-refractivity contribution in [2.24, 2.45) is 4.99 Å². The van der Waals surface area contributed by atoms with Crippen LogP contribution in [0.3, 0.4) is 0 Å². The minimum atomic E-state index is 0. The van der Waals surface area contributed by atoms with Crippen LogP contribution in [0.15, 0.2) is 4.99 Å². The molecule has 1 fully saturated rings. The highest BCUT2D eigenvalue weighted by atomic mass is 127. The van der Waals surface area contributed by atoms with E-state index in [1.165, 1.54) is 0 Å². The van der Waals surface area contributed by atoms with Crippen molar-refractivity contribution in [3.8, 4) is 0 Å². The molecule has 148 valence electrons. The first kappa shape index (κ1) is 24.4. The van der Waals surface area contributed by atoms with Crippen LogP contribution in [-0.4, -0.2) is 76.4 Å². The van der Waals surface area contributed by atoms with E-state index in [9.17, 15) is 4.79 Å². The minimum Gasteiger partial charge on any atom is -0.382 e. The molecule has 0 unspecified atom stereocenters. The zero-order valence-corrected chi connectivity index (χ0v) is 18.1. The third-order valence-corrected chi connectivity index (χ3v) is 3.81. The van der Waals surface area contributed by atoms with Crippen molar-refractivity contribution in [3.63, 3.8) is 0 Å². The molecule has 1 aliphatic heterocycles. The van der Waals surface area contributed by atoms with Crippen LogP contribution in [0.2, 0.25) is 0 Å². The summed E-state index contributed by atoms with van der Waals surface area (Å²) >= 11 is 0. The number of carbonyl (C=O) groups is 1. The highest BCUT2D eigenvalue weighted by Crippen LogP contribution is 2.09. The van der Waals surface area contributed by atoms with Gasteiger partial charge in [-0.1, -0.05) is 0 Å². The van der Waals surface area contributed by atoms with Gasteiger partial charge in [0.2, 0.25) is 5.91 Å². The van der Waals surface area contributed by atoms with Crippen LogP contribution in [0.4, 0.5) is 0 Å². The fourth-order valence-corrected chi connectivity index (χ4v) is 2.51. The van der Waals surface area contributed by atoms with Gasteiger partial charge in [-0.2, -0.15) is 0 Å². The Morgan fingerprint density at radius 2 is 2.04 bits per heavy atom. The van der Waals surface area contributed by atoms with E-state index in [0.717, 1.165) is 71.0 Å². The molecule has 25 heavy (non-hydrogen) atoms. The molecule has 7 nitrogen and oxygen atoms in total. The van der Waals surface area contributed by atoms with Gasteiger partial charge in [-0.05, 0) is 32.6 Å². The van der Waals surface area contributed by atoms with Gasteiger partial charge in [0.05, 0.1) is 13.2 Å². The number of guanidine groups is 1. The first-order chi connectivity index (χ1) is 11.8. The van der Waals surface area contributed by atoms with Crippen LogP contribution in [0.25, 0.3) is 0 Å². The Hall–Kier alpha value is -0.610. The number of carbonyl (C=O) groups excluding carboxylic acids is 1. The Morgan fingerprint density at radius 1 is 1.20 bits per heavy atom. The van der Waals surface area contributed by atoms with E-state index < -0.39 is 0 Å². The lowest BCUT2D eigenvalue weighted by atomic mass is 10.3. The van der Waals surface area contributed by atoms with Crippen LogP contribution >= 0.6 is 24.0 Å². The van der Waals surface area contributed by atoms with Gasteiger partial charge in [-0.3, -0.25) is 9.79 Å². The van der Waals surface area contributed by atoms with E-state index in [1.54, 1.807) is 7.11 Å². The predicted octanol–water partition coefficient (Wildman–Crippen LogP) is 1.62. The van der Waals surface area contributed by atoms with E-state index in [-0.39, 0.29) is 29.9 Å². The first-order valence-electron chi connectivity index (χ1n) is 9.14. The molecule has 1 heterocycles. The number of amides is 1. The summed E-state index contributed by atoms with van der Waals surface area (Å²) in [5.74, 6) is 1.14. The predicted molar refractivity (Wildman–Crippen MR) is 112 cm³/mol. The van der Waals surface area contributed by atoms with Crippen LogP contribution in [0.1, 0.15) is 39.0 Å². The van der Waals surface area contributed by atoms with Gasteiger partial charge < -0.3 is 25.0 Å². The van der Waals surface area contributed by atoms with Gasteiger partial charge in [0.15, 0.2) is 5.96 Å². The van der Waals surface area contributed by atoms with Crippen molar-refractivity contribution >= 4 is 35.8 Å². The van der Waals surface area contributed by atoms with Crippen LogP contribution in [0.5, 0.6) is 0 Å². The molecule has 8 heteroatoms. The van der Waals surface area contributed by atoms with Crippen LogP contribution < -0.4 is 10.6 Å². The number of nitrogens with one attached hydrogen (secondary N) is 2. The number of ether oxygens (including phenoxy) is 2. The van der Waals surface area contributed by atoms with Crippen LogP contribution in [0, 0.1) is 0 Å². The summed E-state index contributed by atoms with van der Waals surface area (Å²) in [6.07, 6.45) is 4.69. The Bertz CT molecular complexity index is 370. The zero-order valence-electron chi connectivity index (χ0n) is 15.7. The number of aliphatic imine (C=N–C) groups is 1. The maximum atomic E-state index is 11.5. The number of methoxy groups -OCH3 is 1. The fourth-order valence-electron chi connectivity index (χ4n) is 2.51. The Balaban J connectivity index is 0.00000576. The number of halogens is 1. The molecule has 0 spiro atoms. The standard InChI is InChI=1S/C17H34N4O3.HI/c1-3-18-17(19-9-4-5-13-24-15-14-23-2)20-10-7-12-21-11-6-8-16(21)22;/h3-15H2,1-2H3,(H2,18,19,20);1H. The second kappa shape index (κ2) is 16.8. The van der Waals surface area contributed by atoms with Gasteiger partial charge in [-0.15, -0.1) is 24.0 Å². The molecule has 1 saturated heterocycles. The topological polar surface area (TPSA) is 75.2 Å². The quantitative estimate of drug-likeness (QED) is 0.185. The summed E-state index contributed by atoms with van der Waals surface area (Å²) in [6, 6.07) is 0. The highest BCUT2D eigenvalue weighted by Gasteiger charge is 2.18. The average Bonchev–Trinajstić information content (AvgIpc) is 2.99. The molecule has 0 aromatic rings. The average molecular weight is 470 g/mol. The van der Waals surface area contributed by atoms with Gasteiger partial charge in [0.25, 0.3) is 0 Å². The molecule has 2 N–H and O–H groups in total. The lowest BCUT2D eigenvalue weighted by molar-refractivity contribution is -0.127. The minimum absolute atomic E-state index is 0. The van der Waals surface area contributed by atoms with E-state index in [4.69, 9.17) is 9.47 Å². The third kappa shape index (κ3) is 12.4. The van der Waals surface area contributed by atoms with E-state index >= 15 is 0 Å². The Morgan fingerprint density at radius 3 is 2.72 bits per heavy atom. The van der Waals surface area contributed by atoms with Gasteiger partial charge in [-0.25, -0.2) is 0 Å². The SMILES string of the molecule is CCNC(=NCCCN1CCCC1=O)NCCCCOCCOC.I. The summed E-state index contributed by atoms with van der Waals surface area (Å²) < 4.78 is 10.4. The molecule has 0 aromatic carbocycles. The summed E-state index contributed by atoms with van der Waals surface area (Å²) in [7, 11) is 1.68. The van der Waals surface area contributed by atoms with Crippen molar-refractivity contribution in [2.75, 3.05) is 59.7 Å². The van der Waals surface area contributed by atoms with Gasteiger partial charge in [0, 0.05) is 52.9 Å². The summed E-state index contributed by atoms with van der Waals surface area (Å²) in [6.45, 7) is 8.33. The molecule has 0 aliphatic carbocycles. The van der Waals surface area contributed by atoms with E-state index in [2.05, 4.69) is 22.5 Å². The largest absolute Gasteiger partial charge is 0.382 e. The molecule has 0 radical (unpaired) electrons. The molecule has 1 aliphatic rings. The smallest absolute Gasteiger partial charge is 0.222 e. The molecule has 0 atom stereocenters. The molecule has 0 bridgehead atoms. The summed E-state index contributed by atoms with van der Waals surface area (Å²) in [5, 5.41) is 6.59. The molecule has 1 rings (SSSR count). The Labute approximate surface area is 169 Å². The normalized spacial score (nSPS) is 14.6. The maximum Gasteiger partial charge on any atom is 0.222 e. The molecule has 0 saturated carbocycles. The second-order valence-corrected chi connectivity index (χ2v) is 5.84. The second-order valence-electron chi connectivity index (χ2n) is 5.84. The van der Waals surface area contributed by atoms with Crippen molar-refractivity contribution in [2.45, 2.75) is 39.0 Å². The molecule has 0 aromatic heterocycles. The number of hydrogen-bond donors (Lipinski definition) is 2. The number of hydrogen-bond acceptors (Lipinski definition) is 4. The zero-order chi connectivity index (χ0) is 17.5. The number of nitrogens with zero attached hydrogens (tertiary/aromatic N) is 2. The van der Waals surface area contributed by atoms with Crippen LogP contribution in [-0.2, 0) is 14.3 Å².